The molecule has 0 saturated heterocycles. The molecule has 0 spiro atoms. The third-order valence-corrected chi connectivity index (χ3v) is 9.06. The number of rotatable bonds is 4. The van der Waals surface area contributed by atoms with E-state index in [1.165, 1.54) is 0 Å². The molecule has 8 heteroatoms. The zero-order chi connectivity index (χ0) is 32.5. The first-order valence-corrected chi connectivity index (χ1v) is 15.9. The molecule has 49 heavy (non-hydrogen) atoms. The normalized spacial score (nSPS) is 11.8. The second-order valence-electron chi connectivity index (χ2n) is 11.9. The number of hydrogen-bond acceptors (Lipinski definition) is 6. The number of oxazole rings is 1. The topological polar surface area (TPSA) is 91.1 Å². The second kappa shape index (κ2) is 10.5. The summed E-state index contributed by atoms with van der Waals surface area (Å²) in [6.45, 7) is 0. The van der Waals surface area contributed by atoms with Crippen molar-refractivity contribution in [2.24, 2.45) is 0 Å². The lowest BCUT2D eigenvalue weighted by Gasteiger charge is -2.11. The molecule has 0 atom stereocenters. The summed E-state index contributed by atoms with van der Waals surface area (Å²) in [5, 5.41) is 2.71. The van der Waals surface area contributed by atoms with Crippen LogP contribution >= 0.6 is 0 Å². The van der Waals surface area contributed by atoms with Gasteiger partial charge < -0.3 is 4.42 Å². The predicted octanol–water partition coefficient (Wildman–Crippen LogP) is 8.88. The van der Waals surface area contributed by atoms with E-state index >= 15 is 0 Å². The van der Waals surface area contributed by atoms with Gasteiger partial charge in [-0.05, 0) is 53.6 Å². The van der Waals surface area contributed by atoms with Crippen LogP contribution < -0.4 is 5.56 Å². The number of benzene rings is 6. The van der Waals surface area contributed by atoms with Crippen LogP contribution in [0.2, 0.25) is 0 Å². The Morgan fingerprint density at radius 1 is 0.449 bits per heavy atom. The fourth-order valence-corrected chi connectivity index (χ4v) is 6.77. The van der Waals surface area contributed by atoms with Gasteiger partial charge in [-0.25, -0.2) is 4.98 Å². The molecule has 0 saturated carbocycles. The van der Waals surface area contributed by atoms with Crippen LogP contribution in [0.1, 0.15) is 0 Å². The zero-order valence-electron chi connectivity index (χ0n) is 25.9. The fourth-order valence-electron chi connectivity index (χ4n) is 6.77. The Balaban J connectivity index is 1.19. The molecular weight excluding hydrogens is 608 g/mol. The zero-order valence-corrected chi connectivity index (χ0v) is 25.9. The van der Waals surface area contributed by atoms with Gasteiger partial charge in [0.2, 0.25) is 5.95 Å². The van der Waals surface area contributed by atoms with Gasteiger partial charge in [-0.3, -0.25) is 13.8 Å². The summed E-state index contributed by atoms with van der Waals surface area (Å²) in [6, 6.07) is 48.3. The van der Waals surface area contributed by atoms with Crippen LogP contribution in [-0.4, -0.2) is 28.9 Å². The monoisotopic (exact) mass is 632 g/mol. The molecule has 8 nitrogen and oxygen atoms in total. The highest BCUT2D eigenvalue weighted by Crippen LogP contribution is 2.36. The Labute approximate surface area is 278 Å². The number of para-hydroxylation sites is 2. The lowest BCUT2D eigenvalue weighted by atomic mass is 10.0. The minimum atomic E-state index is -0.304. The third kappa shape index (κ3) is 4.28. The Hall–Kier alpha value is -6.93. The van der Waals surface area contributed by atoms with E-state index in [1.807, 2.05) is 101 Å². The number of aromatic nitrogens is 6. The van der Waals surface area contributed by atoms with Crippen LogP contribution in [0.3, 0.4) is 0 Å². The van der Waals surface area contributed by atoms with Crippen molar-refractivity contribution in [3.8, 4) is 39.9 Å². The van der Waals surface area contributed by atoms with Crippen LogP contribution in [-0.2, 0) is 0 Å². The maximum absolute atomic E-state index is 12.7. The van der Waals surface area contributed by atoms with Gasteiger partial charge in [0, 0.05) is 21.9 Å². The van der Waals surface area contributed by atoms with E-state index in [-0.39, 0.29) is 11.4 Å². The van der Waals surface area contributed by atoms with Gasteiger partial charge in [0.05, 0.1) is 27.5 Å². The van der Waals surface area contributed by atoms with E-state index in [0.29, 0.717) is 28.6 Å². The van der Waals surface area contributed by atoms with Crippen molar-refractivity contribution in [1.82, 2.24) is 28.9 Å². The van der Waals surface area contributed by atoms with E-state index in [2.05, 4.69) is 52.0 Å². The van der Waals surface area contributed by atoms with E-state index in [0.717, 1.165) is 55.1 Å². The first-order chi connectivity index (χ1) is 24.2. The summed E-state index contributed by atoms with van der Waals surface area (Å²) in [7, 11) is 0. The van der Waals surface area contributed by atoms with Gasteiger partial charge in [-0.2, -0.15) is 15.0 Å². The molecule has 0 aliphatic carbocycles. The fraction of sp³-hybridized carbons (Fsp3) is 0. The van der Waals surface area contributed by atoms with Crippen molar-refractivity contribution >= 4 is 49.7 Å². The van der Waals surface area contributed by atoms with Crippen LogP contribution in [0.5, 0.6) is 0 Å². The Morgan fingerprint density at radius 2 is 1.04 bits per heavy atom. The third-order valence-electron chi connectivity index (χ3n) is 9.06. The molecule has 6 aromatic carbocycles. The van der Waals surface area contributed by atoms with Crippen molar-refractivity contribution in [3.63, 3.8) is 0 Å². The number of hydrogen-bond donors (Lipinski definition) is 0. The molecule has 4 aromatic heterocycles. The summed E-state index contributed by atoms with van der Waals surface area (Å²) < 4.78 is 10.1. The maximum atomic E-state index is 12.7. The molecule has 230 valence electrons. The molecule has 0 radical (unpaired) electrons. The quantitative estimate of drug-likeness (QED) is 0.193. The maximum Gasteiger partial charge on any atom is 0.310 e. The van der Waals surface area contributed by atoms with Crippen LogP contribution in [0.15, 0.2) is 155 Å². The lowest BCUT2D eigenvalue weighted by Crippen LogP contribution is -2.08. The SMILES string of the molecule is O=c1nc2oc3ccc(-c4ccc5c(c4)c4ccccc4n5-c4nc(-c5ccccc5)nc(-c5ccccc5)n4)cc3n2c2ccccc12. The molecule has 4 heterocycles. The van der Waals surface area contributed by atoms with Crippen molar-refractivity contribution in [3.05, 3.63) is 156 Å². The van der Waals surface area contributed by atoms with E-state index in [9.17, 15) is 4.79 Å². The van der Waals surface area contributed by atoms with Gasteiger partial charge in [0.25, 0.3) is 5.56 Å². The summed E-state index contributed by atoms with van der Waals surface area (Å²) in [4.78, 5) is 31.9. The Bertz CT molecular complexity index is 2910. The average Bonchev–Trinajstić information content (AvgIpc) is 3.70. The van der Waals surface area contributed by atoms with Gasteiger partial charge >= 0.3 is 5.84 Å². The van der Waals surface area contributed by atoms with Crippen molar-refractivity contribution in [2.45, 2.75) is 0 Å². The van der Waals surface area contributed by atoms with E-state index in [1.54, 1.807) is 6.07 Å². The molecule has 0 bridgehead atoms. The second-order valence-corrected chi connectivity index (χ2v) is 11.9. The molecule has 0 unspecified atom stereocenters. The van der Waals surface area contributed by atoms with Gasteiger partial charge in [-0.15, -0.1) is 0 Å². The Morgan fingerprint density at radius 3 is 1.78 bits per heavy atom. The summed E-state index contributed by atoms with van der Waals surface area (Å²) in [5.41, 5.74) is 7.81. The van der Waals surface area contributed by atoms with Gasteiger partial charge in [-0.1, -0.05) is 103 Å². The largest absolute Gasteiger partial charge is 0.423 e. The highest BCUT2D eigenvalue weighted by atomic mass is 16.4. The summed E-state index contributed by atoms with van der Waals surface area (Å²) in [5.74, 6) is 2.04. The standard InChI is InChI=1S/C41H24N6O2/c48-39-30-16-8-10-18-33(30)47-35-24-28(20-22-36(35)49-41(47)45-39)27-19-21-34-31(23-27)29-15-7-9-17-32(29)46(34)40-43-37(25-11-3-1-4-12-25)42-38(44-40)26-13-5-2-6-14-26/h1-24H. The van der Waals surface area contributed by atoms with Gasteiger partial charge in [0.1, 0.15) is 0 Å². The first-order valence-electron chi connectivity index (χ1n) is 15.9. The highest BCUT2D eigenvalue weighted by molar-refractivity contribution is 6.10. The van der Waals surface area contributed by atoms with Crippen molar-refractivity contribution in [1.29, 1.82) is 0 Å². The molecule has 0 aliphatic heterocycles. The number of fused-ring (bicyclic) bond motifs is 8. The molecule has 0 aliphatic rings. The molecule has 0 fully saturated rings. The van der Waals surface area contributed by atoms with Crippen molar-refractivity contribution in [2.75, 3.05) is 0 Å². The summed E-state index contributed by atoms with van der Waals surface area (Å²) in [6.07, 6.45) is 0. The molecular formula is C41H24N6O2. The summed E-state index contributed by atoms with van der Waals surface area (Å²) >= 11 is 0. The molecule has 10 aromatic rings. The lowest BCUT2D eigenvalue weighted by molar-refractivity contribution is 0.636. The van der Waals surface area contributed by atoms with E-state index in [4.69, 9.17) is 19.4 Å². The van der Waals surface area contributed by atoms with Gasteiger partial charge in [0.15, 0.2) is 17.2 Å². The smallest absolute Gasteiger partial charge is 0.310 e. The van der Waals surface area contributed by atoms with Crippen LogP contribution in [0.4, 0.5) is 0 Å². The first kappa shape index (κ1) is 27.2. The number of nitrogens with zero attached hydrogens (tertiary/aromatic N) is 6. The van der Waals surface area contributed by atoms with Crippen LogP contribution in [0.25, 0.3) is 89.5 Å². The minimum Gasteiger partial charge on any atom is -0.423 e. The Kier molecular flexibility index (Phi) is 5.86. The minimum absolute atomic E-state index is 0.275. The molecule has 0 amide bonds. The molecule has 10 rings (SSSR count). The van der Waals surface area contributed by atoms with Crippen LogP contribution in [0, 0.1) is 0 Å². The predicted molar refractivity (Wildman–Crippen MR) is 193 cm³/mol. The highest BCUT2D eigenvalue weighted by Gasteiger charge is 2.19. The molecule has 0 N–H and O–H groups in total. The van der Waals surface area contributed by atoms with Crippen molar-refractivity contribution < 1.29 is 4.42 Å². The average molecular weight is 633 g/mol. The van der Waals surface area contributed by atoms with E-state index < -0.39 is 0 Å².